The third kappa shape index (κ3) is 3.17. The SMILES string of the molecule is Cc1cc(C)c(C(=O)Nc2ccccc2[N+](=O)[O-])c(Cl)n1. The van der Waals surface area contributed by atoms with E-state index in [0.29, 0.717) is 11.3 Å². The maximum atomic E-state index is 12.3. The Morgan fingerprint density at radius 2 is 2.00 bits per heavy atom. The van der Waals surface area contributed by atoms with Crippen LogP contribution in [0.25, 0.3) is 0 Å². The molecule has 0 aliphatic rings. The highest BCUT2D eigenvalue weighted by Crippen LogP contribution is 2.26. The number of benzene rings is 1. The summed E-state index contributed by atoms with van der Waals surface area (Å²) >= 11 is 5.99. The first-order chi connectivity index (χ1) is 9.90. The van der Waals surface area contributed by atoms with Crippen molar-refractivity contribution >= 4 is 28.9 Å². The molecule has 0 aliphatic carbocycles. The third-order valence-corrected chi connectivity index (χ3v) is 3.15. The summed E-state index contributed by atoms with van der Waals surface area (Å²) in [5.74, 6) is -0.528. The number of para-hydroxylation sites is 2. The lowest BCUT2D eigenvalue weighted by atomic mass is 10.1. The van der Waals surface area contributed by atoms with E-state index in [2.05, 4.69) is 10.3 Å². The number of halogens is 1. The van der Waals surface area contributed by atoms with Gasteiger partial charge in [0, 0.05) is 11.8 Å². The molecule has 0 bridgehead atoms. The predicted molar refractivity (Wildman–Crippen MR) is 79.8 cm³/mol. The summed E-state index contributed by atoms with van der Waals surface area (Å²) in [7, 11) is 0. The number of nitrogens with zero attached hydrogens (tertiary/aromatic N) is 2. The van der Waals surface area contributed by atoms with Crippen LogP contribution in [0.15, 0.2) is 30.3 Å². The van der Waals surface area contributed by atoms with Gasteiger partial charge in [-0.25, -0.2) is 4.98 Å². The van der Waals surface area contributed by atoms with Gasteiger partial charge in [-0.05, 0) is 31.5 Å². The van der Waals surface area contributed by atoms with E-state index in [1.807, 2.05) is 0 Å². The van der Waals surface area contributed by atoms with Gasteiger partial charge >= 0.3 is 0 Å². The van der Waals surface area contributed by atoms with Crippen LogP contribution in [0, 0.1) is 24.0 Å². The van der Waals surface area contributed by atoms with Gasteiger partial charge in [0.15, 0.2) is 0 Å². The minimum absolute atomic E-state index is 0.0728. The molecule has 108 valence electrons. The second-order valence-electron chi connectivity index (χ2n) is 4.47. The van der Waals surface area contributed by atoms with Gasteiger partial charge in [-0.3, -0.25) is 14.9 Å². The number of hydrogen-bond donors (Lipinski definition) is 1. The maximum absolute atomic E-state index is 12.3. The topological polar surface area (TPSA) is 85.1 Å². The molecule has 1 aromatic heterocycles. The van der Waals surface area contributed by atoms with E-state index in [9.17, 15) is 14.9 Å². The lowest BCUT2D eigenvalue weighted by Crippen LogP contribution is -2.16. The number of rotatable bonds is 3. The summed E-state index contributed by atoms with van der Waals surface area (Å²) in [6, 6.07) is 7.63. The quantitative estimate of drug-likeness (QED) is 0.534. The van der Waals surface area contributed by atoms with Crippen molar-refractivity contribution < 1.29 is 9.72 Å². The van der Waals surface area contributed by atoms with Gasteiger partial charge in [-0.2, -0.15) is 0 Å². The van der Waals surface area contributed by atoms with E-state index in [4.69, 9.17) is 11.6 Å². The van der Waals surface area contributed by atoms with Crippen molar-refractivity contribution in [1.29, 1.82) is 0 Å². The Bertz CT molecular complexity index is 708. The van der Waals surface area contributed by atoms with Gasteiger partial charge in [0.05, 0.1) is 10.5 Å². The highest BCUT2D eigenvalue weighted by atomic mass is 35.5. The first-order valence-electron chi connectivity index (χ1n) is 6.08. The Labute approximate surface area is 125 Å². The zero-order valence-electron chi connectivity index (χ0n) is 11.4. The van der Waals surface area contributed by atoms with E-state index in [-0.39, 0.29) is 22.1 Å². The Kier molecular flexibility index (Phi) is 4.18. The molecular formula is C14H12ClN3O3. The summed E-state index contributed by atoms with van der Waals surface area (Å²) in [5, 5.41) is 13.5. The Morgan fingerprint density at radius 1 is 1.33 bits per heavy atom. The minimum Gasteiger partial charge on any atom is -0.316 e. The number of nitrogens with one attached hydrogen (secondary N) is 1. The van der Waals surface area contributed by atoms with Crippen LogP contribution in [0.3, 0.4) is 0 Å². The Morgan fingerprint density at radius 3 is 2.62 bits per heavy atom. The van der Waals surface area contributed by atoms with Gasteiger partial charge in [0.25, 0.3) is 11.6 Å². The van der Waals surface area contributed by atoms with Crippen LogP contribution < -0.4 is 5.32 Å². The van der Waals surface area contributed by atoms with Crippen LogP contribution in [0.1, 0.15) is 21.6 Å². The number of aromatic nitrogens is 1. The number of carbonyl (C=O) groups is 1. The number of hydrogen-bond acceptors (Lipinski definition) is 4. The third-order valence-electron chi connectivity index (χ3n) is 2.88. The van der Waals surface area contributed by atoms with Crippen molar-refractivity contribution in [2.24, 2.45) is 0 Å². The highest BCUT2D eigenvalue weighted by molar-refractivity contribution is 6.33. The number of pyridine rings is 1. The van der Waals surface area contributed by atoms with Crippen molar-refractivity contribution in [3.8, 4) is 0 Å². The fourth-order valence-corrected chi connectivity index (χ4v) is 2.36. The number of carbonyl (C=O) groups excluding carboxylic acids is 1. The molecule has 1 aromatic carbocycles. The molecule has 0 aliphatic heterocycles. The van der Waals surface area contributed by atoms with Crippen LogP contribution in [0.4, 0.5) is 11.4 Å². The summed E-state index contributed by atoms with van der Waals surface area (Å²) in [6.45, 7) is 3.50. The maximum Gasteiger partial charge on any atom is 0.292 e. The summed E-state index contributed by atoms with van der Waals surface area (Å²) in [5.41, 5.74) is 1.49. The van der Waals surface area contributed by atoms with Gasteiger partial charge < -0.3 is 5.32 Å². The fourth-order valence-electron chi connectivity index (χ4n) is 1.99. The molecule has 6 nitrogen and oxygen atoms in total. The predicted octanol–water partition coefficient (Wildman–Crippen LogP) is 3.51. The molecule has 0 saturated heterocycles. The van der Waals surface area contributed by atoms with Crippen molar-refractivity contribution in [3.05, 3.63) is 62.4 Å². The first kappa shape index (κ1) is 14.9. The monoisotopic (exact) mass is 305 g/mol. The molecule has 1 N–H and O–H groups in total. The number of aryl methyl sites for hydroxylation is 2. The second-order valence-corrected chi connectivity index (χ2v) is 4.83. The Hall–Kier alpha value is -2.47. The lowest BCUT2D eigenvalue weighted by molar-refractivity contribution is -0.383. The summed E-state index contributed by atoms with van der Waals surface area (Å²) in [4.78, 5) is 26.7. The van der Waals surface area contributed by atoms with E-state index in [1.165, 1.54) is 18.2 Å². The standard InChI is InChI=1S/C14H12ClN3O3/c1-8-7-9(2)16-13(15)12(8)14(19)17-10-5-3-4-6-11(10)18(20)21/h3-7H,1-2H3,(H,17,19). The minimum atomic E-state index is -0.558. The number of nitro benzene ring substituents is 1. The van der Waals surface area contributed by atoms with Crippen LogP contribution in [-0.4, -0.2) is 15.8 Å². The smallest absolute Gasteiger partial charge is 0.292 e. The molecule has 7 heteroatoms. The van der Waals surface area contributed by atoms with Crippen LogP contribution in [-0.2, 0) is 0 Å². The number of amides is 1. The zero-order valence-corrected chi connectivity index (χ0v) is 12.1. The molecule has 0 spiro atoms. The normalized spacial score (nSPS) is 10.2. The average molecular weight is 306 g/mol. The first-order valence-corrected chi connectivity index (χ1v) is 6.46. The van der Waals surface area contributed by atoms with Crippen molar-refractivity contribution in [3.63, 3.8) is 0 Å². The lowest BCUT2D eigenvalue weighted by Gasteiger charge is -2.10. The molecular weight excluding hydrogens is 294 g/mol. The molecule has 2 rings (SSSR count). The Balaban J connectivity index is 2.38. The van der Waals surface area contributed by atoms with Gasteiger partial charge in [0.1, 0.15) is 10.8 Å². The van der Waals surface area contributed by atoms with Gasteiger partial charge in [-0.1, -0.05) is 23.7 Å². The van der Waals surface area contributed by atoms with E-state index in [0.717, 1.165) is 0 Å². The van der Waals surface area contributed by atoms with Gasteiger partial charge in [0.2, 0.25) is 0 Å². The molecule has 0 unspecified atom stereocenters. The van der Waals surface area contributed by atoms with Crippen LogP contribution in [0.2, 0.25) is 5.15 Å². The highest BCUT2D eigenvalue weighted by Gasteiger charge is 2.19. The molecule has 0 saturated carbocycles. The average Bonchev–Trinajstić information content (AvgIpc) is 2.37. The molecule has 2 aromatic rings. The molecule has 1 amide bonds. The summed E-state index contributed by atoms with van der Waals surface area (Å²) < 4.78 is 0. The number of anilines is 1. The van der Waals surface area contributed by atoms with Crippen LogP contribution in [0.5, 0.6) is 0 Å². The molecule has 0 fully saturated rings. The second kappa shape index (κ2) is 5.88. The van der Waals surface area contributed by atoms with E-state index < -0.39 is 10.8 Å². The van der Waals surface area contributed by atoms with E-state index >= 15 is 0 Å². The van der Waals surface area contributed by atoms with Crippen molar-refractivity contribution in [2.45, 2.75) is 13.8 Å². The molecule has 21 heavy (non-hydrogen) atoms. The van der Waals surface area contributed by atoms with E-state index in [1.54, 1.807) is 26.0 Å². The van der Waals surface area contributed by atoms with Crippen molar-refractivity contribution in [2.75, 3.05) is 5.32 Å². The van der Waals surface area contributed by atoms with Crippen molar-refractivity contribution in [1.82, 2.24) is 4.98 Å². The van der Waals surface area contributed by atoms with Crippen LogP contribution >= 0.6 is 11.6 Å². The largest absolute Gasteiger partial charge is 0.316 e. The molecule has 0 radical (unpaired) electrons. The summed E-state index contributed by atoms with van der Waals surface area (Å²) in [6.07, 6.45) is 0. The molecule has 1 heterocycles. The number of nitro groups is 1. The van der Waals surface area contributed by atoms with Gasteiger partial charge in [-0.15, -0.1) is 0 Å². The fraction of sp³-hybridized carbons (Fsp3) is 0.143. The zero-order chi connectivity index (χ0) is 15.6. The molecule has 0 atom stereocenters.